The number of nitrogens with zero attached hydrogens (tertiary/aromatic N) is 2. The number of sulfone groups is 1. The molecule has 0 aliphatic heterocycles. The van der Waals surface area contributed by atoms with Crippen molar-refractivity contribution in [1.29, 1.82) is 0 Å². The maximum atomic E-state index is 12.3. The van der Waals surface area contributed by atoms with Crippen LogP contribution in [0.3, 0.4) is 0 Å². The molecule has 2 aromatic rings. The molecule has 1 heterocycles. The number of hydrogen-bond donors (Lipinski definition) is 0. The van der Waals surface area contributed by atoms with E-state index in [-0.39, 0.29) is 27.2 Å². The van der Waals surface area contributed by atoms with Crippen molar-refractivity contribution >= 4 is 38.7 Å². The van der Waals surface area contributed by atoms with Crippen LogP contribution < -0.4 is 5.56 Å². The quantitative estimate of drug-likeness (QED) is 0.589. The summed E-state index contributed by atoms with van der Waals surface area (Å²) in [6.07, 6.45) is 0.997. The average Bonchev–Trinajstić information content (AvgIpc) is 2.48. The fraction of sp³-hybridized carbons (Fsp3) is 0.154. The Bertz CT molecular complexity index is 924. The fourth-order valence-electron chi connectivity index (χ4n) is 1.85. The number of hydrogen-bond acceptors (Lipinski definition) is 5. The number of aryl methyl sites for hydroxylation is 1. The molecule has 0 N–H and O–H groups in total. The van der Waals surface area contributed by atoms with Gasteiger partial charge in [0.25, 0.3) is 11.2 Å². The molecule has 0 unspecified atom stereocenters. The third-order valence-electron chi connectivity index (χ3n) is 3.01. The van der Waals surface area contributed by atoms with Gasteiger partial charge in [0.2, 0.25) is 0 Å². The van der Waals surface area contributed by atoms with Gasteiger partial charge in [-0.25, -0.2) is 8.42 Å². The molecule has 0 saturated heterocycles. The second-order valence-corrected chi connectivity index (χ2v) is 7.49. The molecule has 7 nitrogen and oxygen atoms in total. The van der Waals surface area contributed by atoms with E-state index in [0.717, 1.165) is 22.9 Å². The molecular weight excluding hydrogens is 367 g/mol. The molecule has 10 heteroatoms. The highest BCUT2D eigenvalue weighted by Gasteiger charge is 2.19. The number of halogens is 2. The summed E-state index contributed by atoms with van der Waals surface area (Å²) in [5, 5.41) is 10.9. The van der Waals surface area contributed by atoms with Gasteiger partial charge >= 0.3 is 0 Å². The van der Waals surface area contributed by atoms with Gasteiger partial charge in [-0.2, -0.15) is 0 Å². The SMILES string of the molecule is O=c1ccc([N+](=O)[O-])cn1CCS(=O)(=O)c1cc(Cl)ccc1Cl. The molecule has 0 bridgehead atoms. The largest absolute Gasteiger partial charge is 0.308 e. The van der Waals surface area contributed by atoms with Gasteiger partial charge in [0.15, 0.2) is 9.84 Å². The van der Waals surface area contributed by atoms with Crippen LogP contribution in [-0.2, 0) is 16.4 Å². The first kappa shape index (κ1) is 17.5. The fourth-order valence-corrected chi connectivity index (χ4v) is 3.88. The minimum atomic E-state index is -3.81. The van der Waals surface area contributed by atoms with Crippen LogP contribution in [-0.4, -0.2) is 23.7 Å². The van der Waals surface area contributed by atoms with Crippen LogP contribution in [0.25, 0.3) is 0 Å². The van der Waals surface area contributed by atoms with Crippen LogP contribution in [0.15, 0.2) is 46.2 Å². The predicted molar refractivity (Wildman–Crippen MR) is 85.9 cm³/mol. The molecule has 0 aliphatic carbocycles. The molecule has 0 atom stereocenters. The topological polar surface area (TPSA) is 99.3 Å². The van der Waals surface area contributed by atoms with Crippen LogP contribution >= 0.6 is 23.2 Å². The molecule has 0 aliphatic rings. The summed E-state index contributed by atoms with van der Waals surface area (Å²) in [6.45, 7) is -0.244. The Labute approximate surface area is 141 Å². The van der Waals surface area contributed by atoms with Gasteiger partial charge < -0.3 is 4.57 Å². The zero-order chi connectivity index (χ0) is 17.2. The van der Waals surface area contributed by atoms with Gasteiger partial charge in [-0.15, -0.1) is 0 Å². The second kappa shape index (κ2) is 6.69. The molecule has 1 aromatic heterocycles. The van der Waals surface area contributed by atoms with E-state index in [2.05, 4.69) is 0 Å². The summed E-state index contributed by atoms with van der Waals surface area (Å²) in [6, 6.07) is 6.10. The normalized spacial score (nSPS) is 11.4. The third kappa shape index (κ3) is 4.10. The molecule has 0 spiro atoms. The summed E-state index contributed by atoms with van der Waals surface area (Å²) in [4.78, 5) is 21.6. The van der Waals surface area contributed by atoms with Crippen LogP contribution in [0.2, 0.25) is 10.0 Å². The van der Waals surface area contributed by atoms with Crippen molar-refractivity contribution in [2.45, 2.75) is 11.4 Å². The van der Waals surface area contributed by atoms with Crippen LogP contribution in [0.1, 0.15) is 0 Å². The lowest BCUT2D eigenvalue weighted by Gasteiger charge is -2.08. The van der Waals surface area contributed by atoms with Gasteiger partial charge in [-0.05, 0) is 18.2 Å². The zero-order valence-electron chi connectivity index (χ0n) is 11.5. The van der Waals surface area contributed by atoms with E-state index in [0.29, 0.717) is 0 Å². The van der Waals surface area contributed by atoms with E-state index in [1.807, 2.05) is 0 Å². The molecule has 23 heavy (non-hydrogen) atoms. The molecule has 0 fully saturated rings. The molecular formula is C13H10Cl2N2O5S. The Morgan fingerprint density at radius 3 is 2.52 bits per heavy atom. The minimum absolute atomic E-state index is 0.0146. The van der Waals surface area contributed by atoms with Crippen molar-refractivity contribution < 1.29 is 13.3 Å². The number of benzene rings is 1. The van der Waals surface area contributed by atoms with Crippen molar-refractivity contribution in [2.75, 3.05) is 5.75 Å². The first-order chi connectivity index (χ1) is 10.7. The van der Waals surface area contributed by atoms with Crippen molar-refractivity contribution in [3.8, 4) is 0 Å². The lowest BCUT2D eigenvalue weighted by atomic mass is 10.4. The molecule has 0 radical (unpaired) electrons. The maximum absolute atomic E-state index is 12.3. The minimum Gasteiger partial charge on any atom is -0.308 e. The summed E-state index contributed by atoms with van der Waals surface area (Å²) in [7, 11) is -3.81. The van der Waals surface area contributed by atoms with Gasteiger partial charge in [-0.3, -0.25) is 14.9 Å². The van der Waals surface area contributed by atoms with Gasteiger partial charge in [0.1, 0.15) is 0 Å². The summed E-state index contributed by atoms with van der Waals surface area (Å²) in [5.74, 6) is -0.450. The Hall–Kier alpha value is -1.90. The summed E-state index contributed by atoms with van der Waals surface area (Å²) < 4.78 is 25.6. The van der Waals surface area contributed by atoms with E-state index in [4.69, 9.17) is 23.2 Å². The van der Waals surface area contributed by atoms with E-state index >= 15 is 0 Å². The smallest absolute Gasteiger partial charge is 0.285 e. The molecule has 2 rings (SSSR count). The second-order valence-electron chi connectivity index (χ2n) is 4.57. The monoisotopic (exact) mass is 376 g/mol. The van der Waals surface area contributed by atoms with E-state index in [9.17, 15) is 23.3 Å². The Morgan fingerprint density at radius 2 is 1.87 bits per heavy atom. The molecule has 1 aromatic carbocycles. The Kier molecular flexibility index (Phi) is 5.08. The van der Waals surface area contributed by atoms with Gasteiger partial charge in [0, 0.05) is 23.7 Å². The number of nitro groups is 1. The van der Waals surface area contributed by atoms with Crippen LogP contribution in [0.5, 0.6) is 0 Å². The van der Waals surface area contributed by atoms with Crippen LogP contribution in [0, 0.1) is 10.1 Å². The lowest BCUT2D eigenvalue weighted by Crippen LogP contribution is -2.23. The zero-order valence-corrected chi connectivity index (χ0v) is 13.8. The van der Waals surface area contributed by atoms with Crippen molar-refractivity contribution in [3.63, 3.8) is 0 Å². The van der Waals surface area contributed by atoms with Crippen molar-refractivity contribution in [1.82, 2.24) is 4.57 Å². The lowest BCUT2D eigenvalue weighted by molar-refractivity contribution is -0.385. The Morgan fingerprint density at radius 1 is 1.17 bits per heavy atom. The van der Waals surface area contributed by atoms with Crippen LogP contribution in [0.4, 0.5) is 5.69 Å². The molecule has 0 amide bonds. The maximum Gasteiger partial charge on any atom is 0.285 e. The molecule has 122 valence electrons. The van der Waals surface area contributed by atoms with Gasteiger partial charge in [0.05, 0.1) is 26.8 Å². The summed E-state index contributed by atoms with van der Waals surface area (Å²) >= 11 is 11.6. The average molecular weight is 377 g/mol. The summed E-state index contributed by atoms with van der Waals surface area (Å²) in [5.41, 5.74) is -0.842. The first-order valence-electron chi connectivity index (χ1n) is 6.23. The number of rotatable bonds is 5. The number of aromatic nitrogens is 1. The third-order valence-corrected chi connectivity index (χ3v) is 5.41. The predicted octanol–water partition coefficient (Wildman–Crippen LogP) is 2.54. The highest BCUT2D eigenvalue weighted by Crippen LogP contribution is 2.26. The highest BCUT2D eigenvalue weighted by atomic mass is 35.5. The first-order valence-corrected chi connectivity index (χ1v) is 8.64. The van der Waals surface area contributed by atoms with Crippen molar-refractivity contribution in [2.24, 2.45) is 0 Å². The van der Waals surface area contributed by atoms with E-state index in [1.165, 1.54) is 18.2 Å². The Balaban J connectivity index is 2.30. The number of pyridine rings is 1. The van der Waals surface area contributed by atoms with Crippen molar-refractivity contribution in [3.05, 3.63) is 67.0 Å². The van der Waals surface area contributed by atoms with E-state index in [1.54, 1.807) is 0 Å². The highest BCUT2D eigenvalue weighted by molar-refractivity contribution is 7.91. The molecule has 0 saturated carbocycles. The standard InChI is InChI=1S/C13H10Cl2N2O5S/c14-9-1-3-11(15)12(7-9)23(21,22)6-5-16-8-10(17(19)20)2-4-13(16)18/h1-4,7-8H,5-6H2. The van der Waals surface area contributed by atoms with E-state index < -0.39 is 26.1 Å². The van der Waals surface area contributed by atoms with Gasteiger partial charge in [-0.1, -0.05) is 23.2 Å².